The number of rotatable bonds is 10. The maximum absolute atomic E-state index is 13.3. The van der Waals surface area contributed by atoms with Gasteiger partial charge in [0.1, 0.15) is 5.75 Å². The molecule has 0 bridgehead atoms. The number of pyridine rings is 1. The van der Waals surface area contributed by atoms with Gasteiger partial charge in [-0.3, -0.25) is 9.78 Å². The number of ether oxygens (including phenoxy) is 1. The lowest BCUT2D eigenvalue weighted by molar-refractivity contribution is -0.121. The van der Waals surface area contributed by atoms with Gasteiger partial charge in [0.2, 0.25) is 15.9 Å². The zero-order valence-electron chi connectivity index (χ0n) is 17.6. The van der Waals surface area contributed by atoms with Crippen molar-refractivity contribution in [1.29, 1.82) is 0 Å². The summed E-state index contributed by atoms with van der Waals surface area (Å²) in [5, 5.41) is 2.90. The zero-order chi connectivity index (χ0) is 23.0. The standard InChI is InChI=1S/C23H24ClN3O4S/c1-31-22-11-10-20(15-21(22)24)32(29,30)27(14-12-18-7-3-2-4-8-18)17-23(28)26-16-19-9-5-6-13-25-19/h2-11,13,15H,12,14,16-17H2,1H3,(H,26,28). The summed E-state index contributed by atoms with van der Waals surface area (Å²) in [5.41, 5.74) is 1.65. The molecule has 0 aliphatic carbocycles. The number of aromatic nitrogens is 1. The molecule has 1 heterocycles. The van der Waals surface area contributed by atoms with E-state index >= 15 is 0 Å². The number of halogens is 1. The first-order chi connectivity index (χ1) is 15.4. The molecule has 7 nitrogen and oxygen atoms in total. The quantitative estimate of drug-likeness (QED) is 0.488. The van der Waals surface area contributed by atoms with E-state index in [0.717, 1.165) is 9.87 Å². The maximum Gasteiger partial charge on any atom is 0.243 e. The highest BCUT2D eigenvalue weighted by Gasteiger charge is 2.27. The van der Waals surface area contributed by atoms with Crippen LogP contribution in [0.5, 0.6) is 5.75 Å². The van der Waals surface area contributed by atoms with Crippen LogP contribution in [0, 0.1) is 0 Å². The molecule has 1 amide bonds. The van der Waals surface area contributed by atoms with Gasteiger partial charge in [0.05, 0.1) is 35.8 Å². The molecule has 0 atom stereocenters. The van der Waals surface area contributed by atoms with Crippen LogP contribution in [0.25, 0.3) is 0 Å². The van der Waals surface area contributed by atoms with Crippen LogP contribution in [0.4, 0.5) is 0 Å². The summed E-state index contributed by atoms with van der Waals surface area (Å²) in [6.07, 6.45) is 2.09. The van der Waals surface area contributed by atoms with Crippen molar-refractivity contribution in [3.8, 4) is 5.75 Å². The van der Waals surface area contributed by atoms with E-state index in [1.807, 2.05) is 36.4 Å². The van der Waals surface area contributed by atoms with E-state index in [9.17, 15) is 13.2 Å². The number of hydrogen-bond donors (Lipinski definition) is 1. The molecule has 0 radical (unpaired) electrons. The number of carbonyl (C=O) groups is 1. The molecular formula is C23H24ClN3O4S. The molecule has 3 aromatic rings. The van der Waals surface area contributed by atoms with Gasteiger partial charge in [0, 0.05) is 12.7 Å². The molecule has 1 N–H and O–H groups in total. The summed E-state index contributed by atoms with van der Waals surface area (Å²) in [7, 11) is -2.53. The molecule has 0 unspecified atom stereocenters. The van der Waals surface area contributed by atoms with Crippen molar-refractivity contribution in [2.75, 3.05) is 20.2 Å². The lowest BCUT2D eigenvalue weighted by Crippen LogP contribution is -2.41. The first-order valence-electron chi connectivity index (χ1n) is 9.94. The Morgan fingerprint density at radius 2 is 1.84 bits per heavy atom. The second kappa shape index (κ2) is 11.1. The van der Waals surface area contributed by atoms with Crippen molar-refractivity contribution in [2.45, 2.75) is 17.9 Å². The molecule has 0 fully saturated rings. The summed E-state index contributed by atoms with van der Waals surface area (Å²) >= 11 is 6.14. The smallest absolute Gasteiger partial charge is 0.243 e. The maximum atomic E-state index is 13.3. The number of carbonyl (C=O) groups excluding carboxylic acids is 1. The summed E-state index contributed by atoms with van der Waals surface area (Å²) in [6.45, 7) is 0.0132. The third-order valence-electron chi connectivity index (χ3n) is 4.77. The van der Waals surface area contributed by atoms with Gasteiger partial charge >= 0.3 is 0 Å². The van der Waals surface area contributed by atoms with Crippen molar-refractivity contribution >= 4 is 27.5 Å². The van der Waals surface area contributed by atoms with Crippen LogP contribution < -0.4 is 10.1 Å². The highest BCUT2D eigenvalue weighted by molar-refractivity contribution is 7.89. The Balaban J connectivity index is 1.78. The summed E-state index contributed by atoms with van der Waals surface area (Å²) in [4.78, 5) is 16.7. The monoisotopic (exact) mass is 473 g/mol. The Labute approximate surface area is 193 Å². The summed E-state index contributed by atoms with van der Waals surface area (Å²) in [6, 6.07) is 19.1. The Hall–Kier alpha value is -2.94. The highest BCUT2D eigenvalue weighted by atomic mass is 35.5. The number of benzene rings is 2. The SMILES string of the molecule is COc1ccc(S(=O)(=O)N(CCc2ccccc2)CC(=O)NCc2ccccn2)cc1Cl. The third-order valence-corrected chi connectivity index (χ3v) is 6.90. The van der Waals surface area contributed by atoms with Crippen molar-refractivity contribution in [3.63, 3.8) is 0 Å². The topological polar surface area (TPSA) is 88.6 Å². The number of hydrogen-bond acceptors (Lipinski definition) is 5. The summed E-state index contributed by atoms with van der Waals surface area (Å²) < 4.78 is 33.0. The Kier molecular flexibility index (Phi) is 8.21. The zero-order valence-corrected chi connectivity index (χ0v) is 19.1. The number of nitrogens with one attached hydrogen (secondary N) is 1. The van der Waals surface area contributed by atoms with E-state index in [4.69, 9.17) is 16.3 Å². The second-order valence-electron chi connectivity index (χ2n) is 6.97. The van der Waals surface area contributed by atoms with Crippen LogP contribution in [0.2, 0.25) is 5.02 Å². The Bertz CT molecular complexity index is 1140. The van der Waals surface area contributed by atoms with Gasteiger partial charge < -0.3 is 10.1 Å². The second-order valence-corrected chi connectivity index (χ2v) is 9.31. The van der Waals surface area contributed by atoms with Gasteiger partial charge in [-0.15, -0.1) is 0 Å². The molecule has 168 valence electrons. The van der Waals surface area contributed by atoms with Crippen molar-refractivity contribution in [2.24, 2.45) is 0 Å². The van der Waals surface area contributed by atoms with Crippen LogP contribution in [-0.4, -0.2) is 43.8 Å². The highest BCUT2D eigenvalue weighted by Crippen LogP contribution is 2.28. The van der Waals surface area contributed by atoms with E-state index in [2.05, 4.69) is 10.3 Å². The first-order valence-corrected chi connectivity index (χ1v) is 11.8. The van der Waals surface area contributed by atoms with Gasteiger partial charge in [-0.05, 0) is 42.3 Å². The average molecular weight is 474 g/mol. The molecular weight excluding hydrogens is 450 g/mol. The van der Waals surface area contributed by atoms with Gasteiger partial charge in [-0.1, -0.05) is 48.0 Å². The first kappa shape index (κ1) is 23.7. The number of methoxy groups -OCH3 is 1. The summed E-state index contributed by atoms with van der Waals surface area (Å²) in [5.74, 6) is -0.0542. The number of nitrogens with zero attached hydrogens (tertiary/aromatic N) is 2. The minimum atomic E-state index is -3.98. The van der Waals surface area contributed by atoms with Gasteiger partial charge in [0.25, 0.3) is 0 Å². The normalized spacial score (nSPS) is 11.3. The number of sulfonamides is 1. The van der Waals surface area contributed by atoms with Crippen LogP contribution >= 0.6 is 11.6 Å². The van der Waals surface area contributed by atoms with E-state index < -0.39 is 15.9 Å². The predicted molar refractivity (Wildman–Crippen MR) is 123 cm³/mol. The van der Waals surface area contributed by atoms with Gasteiger partial charge in [0.15, 0.2) is 0 Å². The van der Waals surface area contributed by atoms with Gasteiger partial charge in [-0.2, -0.15) is 4.31 Å². The van der Waals surface area contributed by atoms with E-state index in [-0.39, 0.29) is 29.6 Å². The van der Waals surface area contributed by atoms with Crippen LogP contribution in [0.3, 0.4) is 0 Å². The fourth-order valence-electron chi connectivity index (χ4n) is 3.05. The van der Waals surface area contributed by atoms with E-state index in [1.165, 1.54) is 25.3 Å². The van der Waals surface area contributed by atoms with E-state index in [1.54, 1.807) is 18.3 Å². The molecule has 0 saturated heterocycles. The molecule has 9 heteroatoms. The Morgan fingerprint density at radius 1 is 1.09 bits per heavy atom. The fraction of sp³-hybridized carbons (Fsp3) is 0.217. The average Bonchev–Trinajstić information content (AvgIpc) is 2.81. The molecule has 32 heavy (non-hydrogen) atoms. The number of amides is 1. The lowest BCUT2D eigenvalue weighted by Gasteiger charge is -2.22. The molecule has 0 aliphatic heterocycles. The molecule has 0 saturated carbocycles. The van der Waals surface area contributed by atoms with E-state index in [0.29, 0.717) is 17.9 Å². The lowest BCUT2D eigenvalue weighted by atomic mass is 10.1. The largest absolute Gasteiger partial charge is 0.495 e. The van der Waals surface area contributed by atoms with Crippen LogP contribution in [0.15, 0.2) is 77.8 Å². The molecule has 0 spiro atoms. The van der Waals surface area contributed by atoms with Crippen molar-refractivity contribution in [1.82, 2.24) is 14.6 Å². The molecule has 3 rings (SSSR count). The molecule has 2 aromatic carbocycles. The minimum Gasteiger partial charge on any atom is -0.495 e. The third kappa shape index (κ3) is 6.29. The minimum absolute atomic E-state index is 0.00566. The molecule has 0 aliphatic rings. The molecule has 1 aromatic heterocycles. The Morgan fingerprint density at radius 3 is 2.50 bits per heavy atom. The van der Waals surface area contributed by atoms with Crippen LogP contribution in [-0.2, 0) is 27.8 Å². The van der Waals surface area contributed by atoms with Gasteiger partial charge in [-0.25, -0.2) is 8.42 Å². The van der Waals surface area contributed by atoms with Crippen molar-refractivity contribution < 1.29 is 17.9 Å². The van der Waals surface area contributed by atoms with Crippen molar-refractivity contribution in [3.05, 3.63) is 89.2 Å². The fourth-order valence-corrected chi connectivity index (χ4v) is 4.79. The van der Waals surface area contributed by atoms with Crippen LogP contribution in [0.1, 0.15) is 11.3 Å². The predicted octanol–water partition coefficient (Wildman–Crippen LogP) is 3.29.